The van der Waals surface area contributed by atoms with Crippen molar-refractivity contribution in [2.45, 2.75) is 27.7 Å². The Bertz CT molecular complexity index is 847. The summed E-state index contributed by atoms with van der Waals surface area (Å²) >= 11 is 0. The molecule has 1 heterocycles. The van der Waals surface area contributed by atoms with Crippen LogP contribution in [-0.4, -0.2) is 52.2 Å². The molecular weight excluding hydrogens is 332 g/mol. The third-order valence-corrected chi connectivity index (χ3v) is 5.42. The molecule has 0 aromatic heterocycles. The Morgan fingerprint density at radius 3 is 1.63 bits per heavy atom. The van der Waals surface area contributed by atoms with Gasteiger partial charge in [-0.1, -0.05) is 0 Å². The molecule has 0 unspecified atom stereocenters. The van der Waals surface area contributed by atoms with Crippen molar-refractivity contribution in [2.24, 2.45) is 0 Å². The number of benzene rings is 2. The number of anilines is 3. The molecule has 0 N–H and O–H groups in total. The second kappa shape index (κ2) is 7.26. The fourth-order valence-electron chi connectivity index (χ4n) is 4.13. The Morgan fingerprint density at radius 1 is 0.741 bits per heavy atom. The predicted molar refractivity (Wildman–Crippen MR) is 119 cm³/mol. The zero-order valence-corrected chi connectivity index (χ0v) is 18.1. The Morgan fingerprint density at radius 2 is 1.19 bits per heavy atom. The van der Waals surface area contributed by atoms with Crippen LogP contribution >= 0.6 is 0 Å². The van der Waals surface area contributed by atoms with Crippen molar-refractivity contribution in [3.05, 3.63) is 46.5 Å². The minimum Gasteiger partial charge on any atom is -0.378 e. The summed E-state index contributed by atoms with van der Waals surface area (Å²) in [4.78, 5) is 6.74. The third kappa shape index (κ3) is 3.66. The fourth-order valence-corrected chi connectivity index (χ4v) is 4.13. The summed E-state index contributed by atoms with van der Waals surface area (Å²) in [5.74, 6) is 0. The van der Waals surface area contributed by atoms with Crippen molar-refractivity contribution in [1.29, 1.82) is 0 Å². The molecule has 27 heavy (non-hydrogen) atoms. The molecule has 0 amide bonds. The summed E-state index contributed by atoms with van der Waals surface area (Å²) in [7, 11) is 8.39. The van der Waals surface area contributed by atoms with Crippen LogP contribution in [0.1, 0.15) is 22.3 Å². The van der Waals surface area contributed by atoms with Crippen molar-refractivity contribution >= 4 is 29.1 Å². The van der Waals surface area contributed by atoms with Gasteiger partial charge in [-0.25, -0.2) is 9.48 Å². The predicted octanol–water partition coefficient (Wildman–Crippen LogP) is 4.24. The summed E-state index contributed by atoms with van der Waals surface area (Å²) < 4.78 is 2.41. The number of hydrogen-bond donors (Lipinski definition) is 0. The van der Waals surface area contributed by atoms with E-state index in [9.17, 15) is 0 Å². The lowest BCUT2D eigenvalue weighted by Crippen LogP contribution is -2.21. The molecule has 2 aromatic carbocycles. The van der Waals surface area contributed by atoms with E-state index in [1.54, 1.807) is 0 Å². The van der Waals surface area contributed by atoms with Crippen LogP contribution in [0, 0.1) is 27.7 Å². The zero-order valence-electron chi connectivity index (χ0n) is 18.1. The highest BCUT2D eigenvalue weighted by atomic mass is 15.3. The fraction of sp³-hybridized carbons (Fsp3) is 0.435. The van der Waals surface area contributed by atoms with E-state index >= 15 is 0 Å². The van der Waals surface area contributed by atoms with Gasteiger partial charge in [0, 0.05) is 39.6 Å². The van der Waals surface area contributed by atoms with Gasteiger partial charge in [-0.3, -0.25) is 0 Å². The Balaban J connectivity index is 1.99. The monoisotopic (exact) mass is 365 g/mol. The van der Waals surface area contributed by atoms with Crippen LogP contribution in [0.4, 0.5) is 22.7 Å². The highest BCUT2D eigenvalue weighted by Gasteiger charge is 2.27. The Hall–Kier alpha value is -2.49. The van der Waals surface area contributed by atoms with E-state index in [0.29, 0.717) is 0 Å². The largest absolute Gasteiger partial charge is 0.378 e. The van der Waals surface area contributed by atoms with Crippen LogP contribution in [0.5, 0.6) is 0 Å². The number of aryl methyl sites for hydroxylation is 4. The molecule has 144 valence electrons. The smallest absolute Gasteiger partial charge is 0.244 e. The van der Waals surface area contributed by atoms with Gasteiger partial charge < -0.3 is 9.80 Å². The Labute approximate surface area is 164 Å². The van der Waals surface area contributed by atoms with Gasteiger partial charge in [-0.15, -0.1) is 0 Å². The van der Waals surface area contributed by atoms with E-state index in [1.165, 1.54) is 45.0 Å². The summed E-state index contributed by atoms with van der Waals surface area (Å²) in [6, 6.07) is 9.12. The molecule has 0 saturated carbocycles. The van der Waals surface area contributed by atoms with Crippen molar-refractivity contribution in [2.75, 3.05) is 56.0 Å². The van der Waals surface area contributed by atoms with Crippen molar-refractivity contribution < 1.29 is 4.58 Å². The molecule has 4 nitrogen and oxygen atoms in total. The normalized spacial score (nSPS) is 13.8. The minimum absolute atomic E-state index is 1.01. The second-order valence-corrected chi connectivity index (χ2v) is 8.15. The maximum absolute atomic E-state index is 2.41. The summed E-state index contributed by atoms with van der Waals surface area (Å²) in [6.07, 6.45) is 2.29. The third-order valence-electron chi connectivity index (χ3n) is 5.42. The van der Waals surface area contributed by atoms with E-state index < -0.39 is 0 Å². The quantitative estimate of drug-likeness (QED) is 0.752. The molecule has 0 spiro atoms. The molecule has 1 aliphatic heterocycles. The zero-order chi connectivity index (χ0) is 19.9. The first kappa shape index (κ1) is 19.3. The van der Waals surface area contributed by atoms with E-state index in [4.69, 9.17) is 0 Å². The summed E-state index contributed by atoms with van der Waals surface area (Å²) in [5, 5.41) is 0. The van der Waals surface area contributed by atoms with E-state index in [-0.39, 0.29) is 0 Å². The van der Waals surface area contributed by atoms with Gasteiger partial charge in [0.25, 0.3) is 0 Å². The first-order valence-corrected chi connectivity index (χ1v) is 9.64. The first-order chi connectivity index (χ1) is 12.7. The number of hydrogen-bond acceptors (Lipinski definition) is 3. The number of nitrogens with zero attached hydrogens (tertiary/aromatic N) is 4. The maximum Gasteiger partial charge on any atom is 0.244 e. The van der Waals surface area contributed by atoms with Crippen molar-refractivity contribution in [3.63, 3.8) is 0 Å². The van der Waals surface area contributed by atoms with Crippen LogP contribution in [-0.2, 0) is 0 Å². The summed E-state index contributed by atoms with van der Waals surface area (Å²) in [5.41, 5.74) is 10.5. The van der Waals surface area contributed by atoms with Crippen LogP contribution in [0.25, 0.3) is 0 Å². The van der Waals surface area contributed by atoms with Gasteiger partial charge in [0.1, 0.15) is 24.5 Å². The lowest BCUT2D eigenvalue weighted by molar-refractivity contribution is -0.425. The molecule has 0 radical (unpaired) electrons. The van der Waals surface area contributed by atoms with Crippen LogP contribution in [0.2, 0.25) is 0 Å². The number of rotatable bonds is 4. The molecular formula is C23H33N4+. The minimum atomic E-state index is 1.01. The topological polar surface area (TPSA) is 12.7 Å². The lowest BCUT2D eigenvalue weighted by atomic mass is 10.1. The highest BCUT2D eigenvalue weighted by molar-refractivity contribution is 5.83. The summed E-state index contributed by atoms with van der Waals surface area (Å²) in [6.45, 7) is 10.9. The molecule has 2 aromatic rings. The van der Waals surface area contributed by atoms with Gasteiger partial charge in [-0.2, -0.15) is 0 Å². The van der Waals surface area contributed by atoms with Gasteiger partial charge in [0.15, 0.2) is 0 Å². The van der Waals surface area contributed by atoms with Gasteiger partial charge in [0.05, 0.1) is 0 Å². The first-order valence-electron chi connectivity index (χ1n) is 9.64. The molecule has 4 heteroatoms. The standard InChI is InChI=1S/C23H33N4/c1-16-11-20(24(5)6)12-17(2)22(16)26-9-10-27(15-26)23-18(3)13-21(25(7)8)14-19(23)4/h11-15H,9-10H2,1-8H3/q+1. The van der Waals surface area contributed by atoms with Gasteiger partial charge in [-0.05, 0) is 74.2 Å². The van der Waals surface area contributed by atoms with Crippen LogP contribution in [0.3, 0.4) is 0 Å². The van der Waals surface area contributed by atoms with Crippen LogP contribution < -0.4 is 14.7 Å². The Kier molecular flexibility index (Phi) is 5.18. The van der Waals surface area contributed by atoms with E-state index in [1.807, 2.05) is 0 Å². The van der Waals surface area contributed by atoms with Crippen molar-refractivity contribution in [3.8, 4) is 0 Å². The van der Waals surface area contributed by atoms with Crippen LogP contribution in [0.15, 0.2) is 24.3 Å². The second-order valence-electron chi connectivity index (χ2n) is 8.15. The molecule has 0 bridgehead atoms. The lowest BCUT2D eigenvalue weighted by Gasteiger charge is -2.18. The van der Waals surface area contributed by atoms with E-state index in [0.717, 1.165) is 13.1 Å². The van der Waals surface area contributed by atoms with Gasteiger partial charge in [0.2, 0.25) is 6.34 Å². The highest BCUT2D eigenvalue weighted by Crippen LogP contribution is 2.33. The van der Waals surface area contributed by atoms with Gasteiger partial charge >= 0.3 is 0 Å². The van der Waals surface area contributed by atoms with Crippen molar-refractivity contribution in [1.82, 2.24) is 0 Å². The maximum atomic E-state index is 2.41. The molecule has 0 aliphatic carbocycles. The average Bonchev–Trinajstić information content (AvgIpc) is 3.02. The molecule has 1 aliphatic rings. The SMILES string of the molecule is Cc1cc(N(C)C)cc(C)c1N1C=[N+](c2c(C)cc(N(C)C)cc2C)CC1. The molecule has 0 fully saturated rings. The molecule has 0 saturated heterocycles. The molecule has 3 rings (SSSR count). The molecule has 0 atom stereocenters. The average molecular weight is 366 g/mol. The van der Waals surface area contributed by atoms with E-state index in [2.05, 4.69) is 106 Å².